The van der Waals surface area contributed by atoms with Crippen molar-refractivity contribution in [1.82, 2.24) is 24.7 Å². The molecule has 2 aromatic heterocycles. The molecule has 10 rings (SSSR count). The lowest BCUT2D eigenvalue weighted by Crippen LogP contribution is -3.18. The zero-order valence-corrected chi connectivity index (χ0v) is 42.4. The number of carbonyl (C=O) groups excluding carboxylic acids is 2. The average molecular weight is 966 g/mol. The van der Waals surface area contributed by atoms with Crippen molar-refractivity contribution >= 4 is 34.2 Å². The summed E-state index contributed by atoms with van der Waals surface area (Å²) in [6.07, 6.45) is 13.3. The van der Waals surface area contributed by atoms with Crippen molar-refractivity contribution in [3.8, 4) is 17.2 Å². The molecule has 2 aliphatic carbocycles. The number of ether oxygens (including phenoxy) is 1. The molecule has 71 heavy (non-hydrogen) atoms. The van der Waals surface area contributed by atoms with E-state index in [4.69, 9.17) is 0 Å². The smallest absolute Gasteiger partial charge is 0.298 e. The van der Waals surface area contributed by atoms with Crippen LogP contribution in [0, 0.1) is 11.8 Å². The van der Waals surface area contributed by atoms with Gasteiger partial charge in [0.1, 0.15) is 24.1 Å². The molecule has 2 fully saturated rings. The Kier molecular flexibility index (Phi) is 18.0. The molecule has 6 N–H and O–H groups in total. The van der Waals surface area contributed by atoms with Crippen LogP contribution in [0.2, 0.25) is 0 Å². The number of quaternary nitrogens is 3. The molecule has 0 bridgehead atoms. The number of fused-ring (bicyclic) bond motifs is 4. The summed E-state index contributed by atoms with van der Waals surface area (Å²) in [6, 6.07) is 33.5. The number of carbonyl (C=O) groups is 2. The van der Waals surface area contributed by atoms with Gasteiger partial charge in [-0.05, 0) is 118 Å². The van der Waals surface area contributed by atoms with E-state index in [1.807, 2.05) is 48.2 Å². The Balaban J connectivity index is 0.000000159. The fourth-order valence-electron chi connectivity index (χ4n) is 11.4. The Morgan fingerprint density at radius 1 is 0.789 bits per heavy atom. The average Bonchev–Trinajstić information content (AvgIpc) is 4.04. The number of aromatic nitrogens is 2. The predicted molar refractivity (Wildman–Crippen MR) is 280 cm³/mol. The molecule has 4 aromatic carbocycles. The molecule has 0 spiro atoms. The third kappa shape index (κ3) is 13.5. The molecule has 0 saturated carbocycles. The molecule has 2 saturated heterocycles. The molecule has 0 radical (unpaired) electrons. The number of phenols is 2. The van der Waals surface area contributed by atoms with Crippen LogP contribution in [0.25, 0.3) is 21.8 Å². The van der Waals surface area contributed by atoms with E-state index >= 15 is 0 Å². The van der Waals surface area contributed by atoms with E-state index in [9.17, 15) is 19.8 Å². The zero-order valence-electron chi connectivity index (χ0n) is 42.4. The number of nitrogens with one attached hydrogen (secondary N) is 2. The Morgan fingerprint density at radius 2 is 1.41 bits per heavy atom. The molecular weight excluding hydrogens is 889 g/mol. The molecule has 3 atom stereocenters. The van der Waals surface area contributed by atoms with Crippen LogP contribution >= 0.6 is 0 Å². The van der Waals surface area contributed by atoms with E-state index in [2.05, 4.69) is 92.4 Å². The number of piperidine rings is 2. The Hall–Kier alpha value is -5.96. The van der Waals surface area contributed by atoms with Gasteiger partial charge in [0.25, 0.3) is 12.4 Å². The van der Waals surface area contributed by atoms with Gasteiger partial charge in [-0.25, -0.2) is 0 Å². The first-order chi connectivity index (χ1) is 34.5. The highest BCUT2D eigenvalue weighted by atomic mass is 16.5. The van der Waals surface area contributed by atoms with E-state index in [1.165, 1.54) is 82.0 Å². The second-order valence-electron chi connectivity index (χ2n) is 20.9. The number of phenolic OH excluding ortho intramolecular Hbond substituents is 2. The summed E-state index contributed by atoms with van der Waals surface area (Å²) in [5.41, 5.74) is 7.45. The van der Waals surface area contributed by atoms with Crippen molar-refractivity contribution in [2.24, 2.45) is 11.8 Å². The number of amides is 1. The second kappa shape index (κ2) is 24.9. The van der Waals surface area contributed by atoms with Crippen LogP contribution < -0.4 is 19.9 Å². The van der Waals surface area contributed by atoms with Gasteiger partial charge in [0.2, 0.25) is 0 Å². The van der Waals surface area contributed by atoms with Crippen molar-refractivity contribution in [2.45, 2.75) is 63.5 Å². The van der Waals surface area contributed by atoms with Gasteiger partial charge in [-0.2, -0.15) is 0 Å². The highest BCUT2D eigenvalue weighted by Gasteiger charge is 2.35. The van der Waals surface area contributed by atoms with E-state index in [1.54, 1.807) is 46.6 Å². The molecule has 376 valence electrons. The SMILES string of the molecule is CN(C)CCN(CC1CCCN(C2Cc3ccccc3C2)C1)C(=O)c1ccc2cccnc2c1O.C[NH+](C)CC[NH2+]CC1CCC[NH+](C2Cc3ccccc3C2)C1.O=COc1ccc2cccnc2c1O. The minimum Gasteiger partial charge on any atom is -0.505 e. The van der Waals surface area contributed by atoms with Gasteiger partial charge < -0.3 is 39.9 Å². The number of likely N-dealkylation sites (N-methyl/N-ethyl adjacent to an activating group) is 2. The van der Waals surface area contributed by atoms with E-state index < -0.39 is 0 Å². The summed E-state index contributed by atoms with van der Waals surface area (Å²) in [7, 11) is 8.55. The monoisotopic (exact) mass is 966 g/mol. The number of benzene rings is 4. The van der Waals surface area contributed by atoms with Crippen LogP contribution in [-0.4, -0.2) is 153 Å². The number of rotatable bonds is 15. The third-order valence-corrected chi connectivity index (χ3v) is 15.2. The quantitative estimate of drug-likeness (QED) is 0.0773. The van der Waals surface area contributed by atoms with Crippen LogP contribution in [0.4, 0.5) is 0 Å². The molecule has 3 unspecified atom stereocenters. The predicted octanol–water partition coefficient (Wildman–Crippen LogP) is 3.46. The summed E-state index contributed by atoms with van der Waals surface area (Å²) in [4.78, 5) is 42.2. The van der Waals surface area contributed by atoms with Crippen LogP contribution in [0.1, 0.15) is 58.3 Å². The van der Waals surface area contributed by atoms with Gasteiger partial charge in [0, 0.05) is 68.2 Å². The molecule has 6 aromatic rings. The Morgan fingerprint density at radius 3 is 2.04 bits per heavy atom. The summed E-state index contributed by atoms with van der Waals surface area (Å²) >= 11 is 0. The third-order valence-electron chi connectivity index (χ3n) is 15.2. The topological polar surface area (TPSA) is 145 Å². The molecule has 2 aliphatic heterocycles. The highest BCUT2D eigenvalue weighted by molar-refractivity contribution is 6.02. The summed E-state index contributed by atoms with van der Waals surface area (Å²) in [6.45, 7) is 11.3. The lowest BCUT2D eigenvalue weighted by atomic mass is 9.95. The number of hydrogen-bond donors (Lipinski definition) is 5. The lowest BCUT2D eigenvalue weighted by Gasteiger charge is -2.39. The molecule has 13 nitrogen and oxygen atoms in total. The first-order valence-electron chi connectivity index (χ1n) is 26.0. The maximum Gasteiger partial charge on any atom is 0.298 e. The molecule has 13 heteroatoms. The van der Waals surface area contributed by atoms with E-state index in [0.29, 0.717) is 41.6 Å². The van der Waals surface area contributed by atoms with Crippen molar-refractivity contribution < 1.29 is 39.7 Å². The largest absolute Gasteiger partial charge is 0.505 e. The fourth-order valence-corrected chi connectivity index (χ4v) is 11.4. The van der Waals surface area contributed by atoms with Gasteiger partial charge in [-0.1, -0.05) is 66.7 Å². The minimum atomic E-state index is -0.116. The summed E-state index contributed by atoms with van der Waals surface area (Å²) in [5.74, 6) is 1.24. The van der Waals surface area contributed by atoms with Crippen LogP contribution in [-0.2, 0) is 30.5 Å². The van der Waals surface area contributed by atoms with E-state index in [0.717, 1.165) is 61.6 Å². The van der Waals surface area contributed by atoms with Crippen molar-refractivity contribution in [3.05, 3.63) is 137 Å². The standard InChI is InChI=1S/C29H36N4O2.C19H31N3.C10H7NO3/c1-31(2)15-16-33(29(35)26-12-11-22-10-5-13-30-27(22)28(26)34)20-21-7-6-14-32(19-21)25-17-23-8-3-4-9-24(23)18-25;1-21(2)11-9-20-14-16-6-5-10-22(15-16)19-12-17-7-3-4-8-18(17)13-19;12-6-14-8-4-3-7-2-1-5-11-9(7)10(8)13/h3-5,8-13,21,25,34H,6-7,14-20H2,1-2H3;3-4,7-8,16,19-20H,5-6,9-15H2,1-2H3;1-6,13H/p+3. The van der Waals surface area contributed by atoms with Gasteiger partial charge in [0.15, 0.2) is 17.2 Å². The maximum absolute atomic E-state index is 13.7. The number of likely N-dealkylation sites (tertiary alicyclic amines) is 2. The van der Waals surface area contributed by atoms with Gasteiger partial charge in [-0.3, -0.25) is 24.5 Å². The van der Waals surface area contributed by atoms with Crippen molar-refractivity contribution in [1.29, 1.82) is 0 Å². The number of pyridine rings is 2. The van der Waals surface area contributed by atoms with E-state index in [-0.39, 0.29) is 29.6 Å². The van der Waals surface area contributed by atoms with Crippen molar-refractivity contribution in [2.75, 3.05) is 93.6 Å². The first kappa shape index (κ1) is 51.4. The molecule has 1 amide bonds. The molecule has 4 heterocycles. The van der Waals surface area contributed by atoms with Crippen molar-refractivity contribution in [3.63, 3.8) is 0 Å². The van der Waals surface area contributed by atoms with Gasteiger partial charge >= 0.3 is 0 Å². The number of hydrogen-bond acceptors (Lipinski definition) is 9. The van der Waals surface area contributed by atoms with Gasteiger partial charge in [-0.15, -0.1) is 0 Å². The van der Waals surface area contributed by atoms with Crippen LogP contribution in [0.5, 0.6) is 17.2 Å². The molecule has 4 aliphatic rings. The Bertz CT molecular complexity index is 2650. The second-order valence-corrected chi connectivity index (χ2v) is 20.9. The maximum atomic E-state index is 13.7. The molecular formula is C58H77N8O5+3. The summed E-state index contributed by atoms with van der Waals surface area (Å²) in [5, 5.41) is 24.7. The number of nitrogens with two attached hydrogens (primary N) is 1. The zero-order chi connectivity index (χ0) is 49.7. The highest BCUT2D eigenvalue weighted by Crippen LogP contribution is 2.33. The van der Waals surface area contributed by atoms with Crippen LogP contribution in [0.15, 0.2) is 109 Å². The van der Waals surface area contributed by atoms with Crippen LogP contribution in [0.3, 0.4) is 0 Å². The van der Waals surface area contributed by atoms with Gasteiger partial charge in [0.05, 0.1) is 51.3 Å². The number of nitrogens with zero attached hydrogens (tertiary/aromatic N) is 5. The lowest BCUT2D eigenvalue weighted by molar-refractivity contribution is -0.935. The number of aromatic hydroxyl groups is 2. The fraction of sp³-hybridized carbons (Fsp3) is 0.448. The summed E-state index contributed by atoms with van der Waals surface area (Å²) < 4.78 is 4.57. The Labute approximate surface area is 420 Å². The first-order valence-corrected chi connectivity index (χ1v) is 26.0. The normalized spacial score (nSPS) is 19.2. The minimum absolute atomic E-state index is 0.0167.